The van der Waals surface area contributed by atoms with Crippen molar-refractivity contribution in [2.75, 3.05) is 0 Å². The number of thiophene rings is 1. The van der Waals surface area contributed by atoms with Crippen molar-refractivity contribution >= 4 is 60.4 Å². The Balaban J connectivity index is 1.59. The van der Waals surface area contributed by atoms with Gasteiger partial charge in [0.05, 0.1) is 10.4 Å². The molecular formula is C20H14N4O3S2. The predicted molar refractivity (Wildman–Crippen MR) is 117 cm³/mol. The average molecular weight is 422 g/mol. The maximum absolute atomic E-state index is 13.1. The molecule has 0 bridgehead atoms. The van der Waals surface area contributed by atoms with Crippen LogP contribution in [0, 0.1) is 14.9 Å². The number of rotatable bonds is 4. The number of non-ortho nitro benzene ring substituents is 1. The van der Waals surface area contributed by atoms with Gasteiger partial charge < -0.3 is 9.97 Å². The first kappa shape index (κ1) is 17.8. The molecule has 0 aliphatic heterocycles. The number of nitro benzene ring substituents is 1. The summed E-state index contributed by atoms with van der Waals surface area (Å²) in [7, 11) is 0. The highest BCUT2D eigenvalue weighted by molar-refractivity contribution is 7.71. The lowest BCUT2D eigenvalue weighted by Crippen LogP contribution is -2.22. The third-order valence-electron chi connectivity index (χ3n) is 5.08. The van der Waals surface area contributed by atoms with Crippen molar-refractivity contribution in [3.05, 3.63) is 79.5 Å². The van der Waals surface area contributed by atoms with Gasteiger partial charge in [-0.3, -0.25) is 19.5 Å². The molecule has 7 nitrogen and oxygen atoms in total. The largest absolute Gasteiger partial charge is 0.361 e. The molecule has 2 aromatic carbocycles. The molecule has 5 aromatic rings. The Hall–Kier alpha value is -3.30. The van der Waals surface area contributed by atoms with Crippen molar-refractivity contribution in [3.8, 4) is 0 Å². The fourth-order valence-electron chi connectivity index (χ4n) is 3.64. The van der Waals surface area contributed by atoms with Crippen LogP contribution in [0.1, 0.15) is 5.56 Å². The van der Waals surface area contributed by atoms with Gasteiger partial charge in [-0.1, -0.05) is 18.2 Å². The summed E-state index contributed by atoms with van der Waals surface area (Å²) >= 11 is 6.76. The normalized spacial score (nSPS) is 11.6. The van der Waals surface area contributed by atoms with Crippen LogP contribution in [-0.2, 0) is 13.0 Å². The summed E-state index contributed by atoms with van der Waals surface area (Å²) in [6.45, 7) is 0.445. The van der Waals surface area contributed by atoms with E-state index in [0.717, 1.165) is 21.2 Å². The molecular weight excluding hydrogens is 408 g/mol. The summed E-state index contributed by atoms with van der Waals surface area (Å²) < 4.78 is 3.20. The summed E-state index contributed by atoms with van der Waals surface area (Å²) in [5.41, 5.74) is 2.55. The molecule has 144 valence electrons. The van der Waals surface area contributed by atoms with Crippen LogP contribution in [0.3, 0.4) is 0 Å². The summed E-state index contributed by atoms with van der Waals surface area (Å²) in [5, 5.41) is 12.9. The van der Waals surface area contributed by atoms with E-state index < -0.39 is 4.92 Å². The molecule has 0 radical (unpaired) electrons. The number of aryl methyl sites for hydroxylation is 1. The summed E-state index contributed by atoms with van der Waals surface area (Å²) in [6.07, 6.45) is 2.61. The highest BCUT2D eigenvalue weighted by Gasteiger charge is 2.15. The molecule has 0 atom stereocenters. The number of nitro groups is 1. The molecule has 29 heavy (non-hydrogen) atoms. The van der Waals surface area contributed by atoms with Crippen LogP contribution in [0.5, 0.6) is 0 Å². The van der Waals surface area contributed by atoms with Gasteiger partial charge in [-0.15, -0.1) is 11.3 Å². The van der Waals surface area contributed by atoms with Crippen molar-refractivity contribution < 1.29 is 4.92 Å². The maximum atomic E-state index is 13.1. The number of H-pyrrole nitrogens is 2. The van der Waals surface area contributed by atoms with Crippen molar-refractivity contribution in [2.45, 2.75) is 13.0 Å². The summed E-state index contributed by atoms with van der Waals surface area (Å²) in [4.78, 5) is 30.1. The Morgan fingerprint density at radius 2 is 2.00 bits per heavy atom. The number of fused-ring (bicyclic) bond motifs is 4. The zero-order valence-electron chi connectivity index (χ0n) is 15.0. The number of aromatic nitrogens is 3. The lowest BCUT2D eigenvalue weighted by Gasteiger charge is -2.06. The SMILES string of the molecule is O=c1c2sc3ccc([N+](=O)[O-])cc3c2[nH]c(=S)n1CCc1c[nH]c2ccccc12. The van der Waals surface area contributed by atoms with Gasteiger partial charge in [0.2, 0.25) is 0 Å². The second-order valence-corrected chi connectivity index (χ2v) is 8.18. The number of hydrogen-bond donors (Lipinski definition) is 2. The van der Waals surface area contributed by atoms with Crippen molar-refractivity contribution in [1.82, 2.24) is 14.5 Å². The molecule has 0 saturated carbocycles. The van der Waals surface area contributed by atoms with Gasteiger partial charge in [-0.2, -0.15) is 0 Å². The van der Waals surface area contributed by atoms with Crippen LogP contribution >= 0.6 is 23.6 Å². The predicted octanol–water partition coefficient (Wildman–Crippen LogP) is 4.91. The number of benzene rings is 2. The van der Waals surface area contributed by atoms with E-state index in [1.807, 2.05) is 30.5 Å². The quantitative estimate of drug-likeness (QED) is 0.244. The monoisotopic (exact) mass is 422 g/mol. The molecule has 0 spiro atoms. The van der Waals surface area contributed by atoms with Crippen molar-refractivity contribution in [1.29, 1.82) is 0 Å². The minimum atomic E-state index is -0.444. The Bertz CT molecular complexity index is 1540. The number of nitrogens with one attached hydrogen (secondary N) is 2. The second kappa shape index (κ2) is 6.64. The molecule has 0 saturated heterocycles. The number of hydrogen-bond acceptors (Lipinski definition) is 5. The van der Waals surface area contributed by atoms with Crippen LogP contribution in [0.4, 0.5) is 5.69 Å². The Kier molecular flexibility index (Phi) is 4.07. The summed E-state index contributed by atoms with van der Waals surface area (Å²) in [5.74, 6) is 0. The third kappa shape index (κ3) is 2.86. The molecule has 0 aliphatic carbocycles. The molecule has 3 heterocycles. The molecule has 2 N–H and O–H groups in total. The zero-order valence-corrected chi connectivity index (χ0v) is 16.6. The molecule has 9 heteroatoms. The standard InChI is InChI=1S/C20H14N4O3S2/c25-19-18-17(14-9-12(24(26)27)5-6-16(14)29-18)22-20(28)23(19)8-7-11-10-21-15-4-2-1-3-13(11)15/h1-6,9-10,21H,7-8H2,(H,22,28). The summed E-state index contributed by atoms with van der Waals surface area (Å²) in [6, 6.07) is 12.6. The third-order valence-corrected chi connectivity index (χ3v) is 6.56. The van der Waals surface area contributed by atoms with E-state index in [0.29, 0.717) is 33.3 Å². The highest BCUT2D eigenvalue weighted by atomic mass is 32.1. The highest BCUT2D eigenvalue weighted by Crippen LogP contribution is 2.33. The van der Waals surface area contributed by atoms with Crippen LogP contribution in [-0.4, -0.2) is 19.5 Å². The molecule has 0 fully saturated rings. The topological polar surface area (TPSA) is 96.7 Å². The zero-order chi connectivity index (χ0) is 20.1. The minimum Gasteiger partial charge on any atom is -0.361 e. The lowest BCUT2D eigenvalue weighted by molar-refractivity contribution is -0.384. The van der Waals surface area contributed by atoms with E-state index in [1.54, 1.807) is 10.6 Å². The maximum Gasteiger partial charge on any atom is 0.272 e. The van der Waals surface area contributed by atoms with E-state index in [-0.39, 0.29) is 11.2 Å². The van der Waals surface area contributed by atoms with Gasteiger partial charge in [-0.05, 0) is 36.3 Å². The van der Waals surface area contributed by atoms with Crippen LogP contribution < -0.4 is 5.56 Å². The van der Waals surface area contributed by atoms with Gasteiger partial charge >= 0.3 is 0 Å². The van der Waals surface area contributed by atoms with E-state index in [2.05, 4.69) is 9.97 Å². The molecule has 0 amide bonds. The smallest absolute Gasteiger partial charge is 0.272 e. The van der Waals surface area contributed by atoms with E-state index >= 15 is 0 Å². The van der Waals surface area contributed by atoms with Crippen LogP contribution in [0.25, 0.3) is 31.2 Å². The van der Waals surface area contributed by atoms with E-state index in [9.17, 15) is 14.9 Å². The van der Waals surface area contributed by atoms with Gasteiger partial charge in [0.1, 0.15) is 4.70 Å². The number of nitrogens with zero attached hydrogens (tertiary/aromatic N) is 2. The molecule has 3 aromatic heterocycles. The van der Waals surface area contributed by atoms with Gasteiger partial charge in [0.15, 0.2) is 4.77 Å². The van der Waals surface area contributed by atoms with Gasteiger partial charge in [0.25, 0.3) is 11.2 Å². The Morgan fingerprint density at radius 3 is 2.83 bits per heavy atom. The van der Waals surface area contributed by atoms with Crippen LogP contribution in [0.15, 0.2) is 53.5 Å². The van der Waals surface area contributed by atoms with Gasteiger partial charge in [0, 0.05) is 45.9 Å². The van der Waals surface area contributed by atoms with E-state index in [1.165, 1.54) is 23.5 Å². The fraction of sp³-hybridized carbons (Fsp3) is 0.100. The van der Waals surface area contributed by atoms with E-state index in [4.69, 9.17) is 12.2 Å². The first-order valence-electron chi connectivity index (χ1n) is 8.91. The van der Waals surface area contributed by atoms with Crippen molar-refractivity contribution in [2.24, 2.45) is 0 Å². The molecule has 5 rings (SSSR count). The first-order valence-corrected chi connectivity index (χ1v) is 10.1. The number of para-hydroxylation sites is 1. The lowest BCUT2D eigenvalue weighted by atomic mass is 10.1. The molecule has 0 unspecified atom stereocenters. The van der Waals surface area contributed by atoms with Crippen LogP contribution in [0.2, 0.25) is 0 Å². The van der Waals surface area contributed by atoms with Gasteiger partial charge in [-0.25, -0.2) is 0 Å². The minimum absolute atomic E-state index is 0.0139. The Labute approximate surface area is 172 Å². The Morgan fingerprint density at radius 1 is 1.17 bits per heavy atom. The fourth-order valence-corrected chi connectivity index (χ4v) is 5.00. The van der Waals surface area contributed by atoms with Crippen molar-refractivity contribution in [3.63, 3.8) is 0 Å². The average Bonchev–Trinajstić information content (AvgIpc) is 3.29. The molecule has 0 aliphatic rings. The second-order valence-electron chi connectivity index (χ2n) is 6.74. The first-order chi connectivity index (χ1) is 14.0. The number of aromatic amines is 2.